The van der Waals surface area contributed by atoms with Crippen LogP contribution in [0.1, 0.15) is 33.3 Å². The number of carbonyl (C=O) groups excluding carboxylic acids is 1. The smallest absolute Gasteiger partial charge is 0.494 e. The molecule has 0 aliphatic carbocycles. The number of rotatable bonds is 5. The Labute approximate surface area is 166 Å². The van der Waals surface area contributed by atoms with Gasteiger partial charge in [-0.2, -0.15) is 0 Å². The first-order chi connectivity index (χ1) is 13.2. The molecule has 6 nitrogen and oxygen atoms in total. The zero-order chi connectivity index (χ0) is 20.4. The molecule has 2 amide bonds. The first-order valence-corrected chi connectivity index (χ1v) is 9.33. The summed E-state index contributed by atoms with van der Waals surface area (Å²) in [7, 11) is 1.21. The number of urea groups is 1. The molecule has 1 heterocycles. The standard InChI is InChI=1S/C21H27BN2O4/c1-20(2)21(3,4)28-22(27-20)16-8-10-17(11-9-16)24-19(25)23-14-15-6-12-18(26-5)13-7-15/h6-13H,14H2,1-5H3,(H2,23,24,25). The van der Waals surface area contributed by atoms with Crippen LogP contribution in [-0.4, -0.2) is 31.5 Å². The van der Waals surface area contributed by atoms with Gasteiger partial charge in [0.2, 0.25) is 0 Å². The molecule has 1 aliphatic rings. The summed E-state index contributed by atoms with van der Waals surface area (Å²) in [6, 6.07) is 14.8. The van der Waals surface area contributed by atoms with Gasteiger partial charge in [0.1, 0.15) is 5.75 Å². The van der Waals surface area contributed by atoms with Crippen molar-refractivity contribution in [2.75, 3.05) is 12.4 Å². The fourth-order valence-electron chi connectivity index (χ4n) is 2.80. The molecule has 0 saturated carbocycles. The van der Waals surface area contributed by atoms with Crippen LogP contribution in [-0.2, 0) is 15.9 Å². The molecule has 2 N–H and O–H groups in total. The van der Waals surface area contributed by atoms with Crippen LogP contribution in [0.2, 0.25) is 0 Å². The Balaban J connectivity index is 1.53. The third-order valence-corrected chi connectivity index (χ3v) is 5.31. The lowest BCUT2D eigenvalue weighted by molar-refractivity contribution is 0.00578. The van der Waals surface area contributed by atoms with Crippen molar-refractivity contribution in [1.29, 1.82) is 0 Å². The summed E-state index contributed by atoms with van der Waals surface area (Å²) in [5.74, 6) is 0.787. The second kappa shape index (κ2) is 7.85. The van der Waals surface area contributed by atoms with Gasteiger partial charge < -0.3 is 24.7 Å². The highest BCUT2D eigenvalue weighted by Gasteiger charge is 2.51. The second-order valence-electron chi connectivity index (χ2n) is 7.87. The molecule has 2 aromatic rings. The molecule has 0 aromatic heterocycles. The van der Waals surface area contributed by atoms with E-state index in [2.05, 4.69) is 10.6 Å². The lowest BCUT2D eigenvalue weighted by Crippen LogP contribution is -2.41. The van der Waals surface area contributed by atoms with E-state index >= 15 is 0 Å². The summed E-state index contributed by atoms with van der Waals surface area (Å²) in [6.07, 6.45) is 0. The molecule has 1 fully saturated rings. The van der Waals surface area contributed by atoms with Crippen LogP contribution in [0.25, 0.3) is 0 Å². The summed E-state index contributed by atoms with van der Waals surface area (Å²) in [4.78, 5) is 12.1. The molecular weight excluding hydrogens is 355 g/mol. The largest absolute Gasteiger partial charge is 0.497 e. The van der Waals surface area contributed by atoms with Crippen LogP contribution in [0, 0.1) is 0 Å². The highest BCUT2D eigenvalue weighted by molar-refractivity contribution is 6.62. The number of benzene rings is 2. The molecule has 7 heteroatoms. The van der Waals surface area contributed by atoms with E-state index in [1.165, 1.54) is 0 Å². The summed E-state index contributed by atoms with van der Waals surface area (Å²) >= 11 is 0. The Hall–Kier alpha value is -2.51. The van der Waals surface area contributed by atoms with Gasteiger partial charge in [-0.25, -0.2) is 4.79 Å². The maximum absolute atomic E-state index is 12.1. The number of carbonyl (C=O) groups is 1. The van der Waals surface area contributed by atoms with Gasteiger partial charge in [0, 0.05) is 12.2 Å². The number of hydrogen-bond acceptors (Lipinski definition) is 4. The maximum Gasteiger partial charge on any atom is 0.494 e. The molecule has 0 unspecified atom stereocenters. The lowest BCUT2D eigenvalue weighted by atomic mass is 9.79. The summed E-state index contributed by atoms with van der Waals surface area (Å²) < 4.78 is 17.2. The summed E-state index contributed by atoms with van der Waals surface area (Å²) in [5.41, 5.74) is 1.86. The van der Waals surface area contributed by atoms with Gasteiger partial charge in [-0.3, -0.25) is 0 Å². The van der Waals surface area contributed by atoms with Crippen molar-refractivity contribution in [3.8, 4) is 5.75 Å². The Morgan fingerprint density at radius 3 is 2.07 bits per heavy atom. The SMILES string of the molecule is COc1ccc(CNC(=O)Nc2ccc(B3OC(C)(C)C(C)(C)O3)cc2)cc1. The molecule has 1 aliphatic heterocycles. The fraction of sp³-hybridized carbons (Fsp3) is 0.381. The third kappa shape index (κ3) is 4.48. The number of methoxy groups -OCH3 is 1. The van der Waals surface area contributed by atoms with Crippen LogP contribution >= 0.6 is 0 Å². The molecule has 148 valence electrons. The topological polar surface area (TPSA) is 68.8 Å². The van der Waals surface area contributed by atoms with Crippen molar-refractivity contribution in [2.45, 2.75) is 45.4 Å². The molecule has 1 saturated heterocycles. The molecule has 0 radical (unpaired) electrons. The van der Waals surface area contributed by atoms with Crippen LogP contribution in [0.3, 0.4) is 0 Å². The van der Waals surface area contributed by atoms with E-state index in [0.29, 0.717) is 12.2 Å². The van der Waals surface area contributed by atoms with Gasteiger partial charge in [0.05, 0.1) is 18.3 Å². The number of hydrogen-bond donors (Lipinski definition) is 2. The Kier molecular flexibility index (Phi) is 5.68. The Morgan fingerprint density at radius 1 is 0.964 bits per heavy atom. The van der Waals surface area contributed by atoms with Crippen molar-refractivity contribution in [2.24, 2.45) is 0 Å². The first kappa shape index (κ1) is 20.2. The van der Waals surface area contributed by atoms with Gasteiger partial charge in [-0.15, -0.1) is 0 Å². The van der Waals surface area contributed by atoms with Gasteiger partial charge in [0.25, 0.3) is 0 Å². The van der Waals surface area contributed by atoms with E-state index in [0.717, 1.165) is 16.8 Å². The second-order valence-corrected chi connectivity index (χ2v) is 7.87. The van der Waals surface area contributed by atoms with Gasteiger partial charge in [-0.1, -0.05) is 24.3 Å². The number of ether oxygens (including phenoxy) is 1. The average Bonchev–Trinajstić information content (AvgIpc) is 2.88. The maximum atomic E-state index is 12.1. The monoisotopic (exact) mass is 382 g/mol. The van der Waals surface area contributed by atoms with Crippen molar-refractivity contribution < 1.29 is 18.8 Å². The molecular formula is C21H27BN2O4. The molecule has 0 atom stereocenters. The first-order valence-electron chi connectivity index (χ1n) is 9.33. The highest BCUT2D eigenvalue weighted by Crippen LogP contribution is 2.36. The minimum atomic E-state index is -0.414. The minimum absolute atomic E-state index is 0.265. The quantitative estimate of drug-likeness (QED) is 0.779. The van der Waals surface area contributed by atoms with Gasteiger partial charge in [-0.05, 0) is 63.0 Å². The Bertz CT molecular complexity index is 803. The number of amides is 2. The van der Waals surface area contributed by atoms with E-state index in [4.69, 9.17) is 14.0 Å². The zero-order valence-corrected chi connectivity index (χ0v) is 17.0. The van der Waals surface area contributed by atoms with Crippen molar-refractivity contribution in [3.05, 3.63) is 54.1 Å². The summed E-state index contributed by atoms with van der Waals surface area (Å²) in [6.45, 7) is 8.53. The number of anilines is 1. The van der Waals surface area contributed by atoms with Crippen molar-refractivity contribution >= 4 is 24.3 Å². The van der Waals surface area contributed by atoms with Gasteiger partial charge in [0.15, 0.2) is 0 Å². The van der Waals surface area contributed by atoms with E-state index in [1.807, 2.05) is 76.2 Å². The molecule has 0 spiro atoms. The van der Waals surface area contributed by atoms with Gasteiger partial charge >= 0.3 is 13.1 Å². The van der Waals surface area contributed by atoms with Crippen LogP contribution in [0.4, 0.5) is 10.5 Å². The minimum Gasteiger partial charge on any atom is -0.497 e. The predicted molar refractivity (Wildman–Crippen MR) is 111 cm³/mol. The fourth-order valence-corrected chi connectivity index (χ4v) is 2.80. The Morgan fingerprint density at radius 2 is 1.54 bits per heavy atom. The van der Waals surface area contributed by atoms with E-state index in [1.54, 1.807) is 7.11 Å². The van der Waals surface area contributed by atoms with E-state index in [-0.39, 0.29) is 17.2 Å². The predicted octanol–water partition coefficient (Wildman–Crippen LogP) is 3.32. The molecule has 3 rings (SSSR count). The number of nitrogens with one attached hydrogen (secondary N) is 2. The van der Waals surface area contributed by atoms with E-state index in [9.17, 15) is 4.79 Å². The third-order valence-electron chi connectivity index (χ3n) is 5.31. The summed E-state index contributed by atoms with van der Waals surface area (Å²) in [5, 5.41) is 5.66. The molecule has 2 aromatic carbocycles. The zero-order valence-electron chi connectivity index (χ0n) is 17.0. The van der Waals surface area contributed by atoms with E-state index < -0.39 is 7.12 Å². The van der Waals surface area contributed by atoms with Crippen LogP contribution in [0.5, 0.6) is 5.75 Å². The van der Waals surface area contributed by atoms with Crippen molar-refractivity contribution in [1.82, 2.24) is 5.32 Å². The molecule has 28 heavy (non-hydrogen) atoms. The van der Waals surface area contributed by atoms with Crippen molar-refractivity contribution in [3.63, 3.8) is 0 Å². The average molecular weight is 382 g/mol. The lowest BCUT2D eigenvalue weighted by Gasteiger charge is -2.32. The highest BCUT2D eigenvalue weighted by atomic mass is 16.7. The normalized spacial score (nSPS) is 17.2. The van der Waals surface area contributed by atoms with Crippen LogP contribution < -0.4 is 20.8 Å². The van der Waals surface area contributed by atoms with Crippen LogP contribution in [0.15, 0.2) is 48.5 Å². The molecule has 0 bridgehead atoms.